The van der Waals surface area contributed by atoms with Gasteiger partial charge in [-0.1, -0.05) is 67.6 Å². The zero-order valence-corrected chi connectivity index (χ0v) is 15.4. The second-order valence-corrected chi connectivity index (χ2v) is 6.67. The fourth-order valence-corrected chi connectivity index (χ4v) is 3.38. The molecule has 0 aliphatic heterocycles. The molecule has 2 rings (SSSR count). The van der Waals surface area contributed by atoms with Crippen LogP contribution in [0.2, 0.25) is 0 Å². The van der Waals surface area contributed by atoms with Gasteiger partial charge in [-0.15, -0.1) is 0 Å². The van der Waals surface area contributed by atoms with Crippen LogP contribution in [-0.2, 0) is 14.9 Å². The average Bonchev–Trinajstić information content (AvgIpc) is 2.54. The lowest BCUT2D eigenvalue weighted by molar-refractivity contribution is -0.148. The van der Waals surface area contributed by atoms with Crippen molar-refractivity contribution in [2.75, 3.05) is 0 Å². The standard InChI is InChI=1S/C19H18Cl2O4/c1-18(14-9-5-3-6-10-14,15-11-7-4-8-12-15)13-19(2,24-16(20)22)25-17(21)23/h3-12H,13H2,1-2H3. The molecule has 0 heterocycles. The van der Waals surface area contributed by atoms with Gasteiger partial charge in [0.25, 0.3) is 5.79 Å². The van der Waals surface area contributed by atoms with Crippen LogP contribution < -0.4 is 0 Å². The van der Waals surface area contributed by atoms with Crippen LogP contribution in [0.5, 0.6) is 0 Å². The summed E-state index contributed by atoms with van der Waals surface area (Å²) in [4.78, 5) is 22.6. The Morgan fingerprint density at radius 3 is 1.48 bits per heavy atom. The quantitative estimate of drug-likeness (QED) is 0.465. The summed E-state index contributed by atoms with van der Waals surface area (Å²) in [6.07, 6.45) is 0.130. The molecule has 0 spiro atoms. The van der Waals surface area contributed by atoms with Crippen LogP contribution in [0.15, 0.2) is 60.7 Å². The molecule has 0 amide bonds. The Bertz CT molecular complexity index is 676. The molecule has 6 heteroatoms. The maximum absolute atomic E-state index is 11.3. The predicted molar refractivity (Wildman–Crippen MR) is 97.0 cm³/mol. The molecule has 0 N–H and O–H groups in total. The van der Waals surface area contributed by atoms with Crippen LogP contribution >= 0.6 is 23.2 Å². The molecule has 0 aliphatic carbocycles. The van der Waals surface area contributed by atoms with E-state index in [1.807, 2.05) is 67.6 Å². The number of hydrogen-bond acceptors (Lipinski definition) is 4. The van der Waals surface area contributed by atoms with Gasteiger partial charge >= 0.3 is 10.9 Å². The van der Waals surface area contributed by atoms with Crippen molar-refractivity contribution in [3.8, 4) is 0 Å². The van der Waals surface area contributed by atoms with Gasteiger partial charge in [-0.25, -0.2) is 9.59 Å². The SMILES string of the molecule is CC(CC(C)(c1ccccc1)c1ccccc1)(OC(=O)Cl)OC(=O)Cl. The van der Waals surface area contributed by atoms with E-state index in [0.29, 0.717) is 0 Å². The topological polar surface area (TPSA) is 52.6 Å². The number of benzene rings is 2. The molecule has 0 atom stereocenters. The molecule has 0 saturated carbocycles. The largest absolute Gasteiger partial charge is 0.411 e. The summed E-state index contributed by atoms with van der Waals surface area (Å²) in [6.45, 7) is 3.43. The number of carbonyl (C=O) groups is 2. The summed E-state index contributed by atoms with van der Waals surface area (Å²) in [5.74, 6) is -1.63. The summed E-state index contributed by atoms with van der Waals surface area (Å²) < 4.78 is 10.2. The van der Waals surface area contributed by atoms with Crippen molar-refractivity contribution in [3.05, 3.63) is 71.8 Å². The van der Waals surface area contributed by atoms with Gasteiger partial charge in [-0.2, -0.15) is 0 Å². The van der Waals surface area contributed by atoms with E-state index in [4.69, 9.17) is 32.7 Å². The molecule has 0 saturated heterocycles. The fourth-order valence-electron chi connectivity index (χ4n) is 3.06. The molecule has 0 unspecified atom stereocenters. The molecule has 25 heavy (non-hydrogen) atoms. The molecule has 2 aromatic carbocycles. The summed E-state index contributed by atoms with van der Waals surface area (Å²) in [5.41, 5.74) is -0.865. The van der Waals surface area contributed by atoms with Crippen molar-refractivity contribution in [1.29, 1.82) is 0 Å². The Morgan fingerprint density at radius 1 is 0.800 bits per heavy atom. The molecular weight excluding hydrogens is 363 g/mol. The van der Waals surface area contributed by atoms with Crippen LogP contribution in [0.1, 0.15) is 31.4 Å². The van der Waals surface area contributed by atoms with E-state index in [1.54, 1.807) is 0 Å². The summed E-state index contributed by atoms with van der Waals surface area (Å²) >= 11 is 10.7. The van der Waals surface area contributed by atoms with E-state index in [2.05, 4.69) is 0 Å². The van der Waals surface area contributed by atoms with E-state index < -0.39 is 22.1 Å². The van der Waals surface area contributed by atoms with Crippen molar-refractivity contribution in [2.24, 2.45) is 0 Å². The predicted octanol–water partition coefficient (Wildman–Crippen LogP) is 5.85. The van der Waals surface area contributed by atoms with Gasteiger partial charge < -0.3 is 9.47 Å². The third kappa shape index (κ3) is 4.97. The lowest BCUT2D eigenvalue weighted by Crippen LogP contribution is -2.42. The number of ether oxygens (including phenoxy) is 2. The number of carbonyl (C=O) groups excluding carboxylic acids is 2. The van der Waals surface area contributed by atoms with Crippen LogP contribution in [0.4, 0.5) is 9.59 Å². The first-order valence-corrected chi connectivity index (χ1v) is 8.39. The highest BCUT2D eigenvalue weighted by molar-refractivity contribution is 6.61. The van der Waals surface area contributed by atoms with Gasteiger partial charge in [0.05, 0.1) is 0 Å². The molecule has 2 aromatic rings. The number of rotatable bonds is 6. The average molecular weight is 381 g/mol. The van der Waals surface area contributed by atoms with Crippen LogP contribution in [0.25, 0.3) is 0 Å². The second-order valence-electron chi connectivity index (χ2n) is 6.05. The van der Waals surface area contributed by atoms with Crippen molar-refractivity contribution >= 4 is 34.1 Å². The van der Waals surface area contributed by atoms with Crippen molar-refractivity contribution in [2.45, 2.75) is 31.5 Å². The Labute approximate surface area is 156 Å². The van der Waals surface area contributed by atoms with Gasteiger partial charge in [0, 0.05) is 42.0 Å². The highest BCUT2D eigenvalue weighted by Crippen LogP contribution is 2.41. The van der Waals surface area contributed by atoms with E-state index >= 15 is 0 Å². The van der Waals surface area contributed by atoms with Crippen molar-refractivity contribution < 1.29 is 19.1 Å². The summed E-state index contributed by atoms with van der Waals surface area (Å²) in [5, 5.41) is 0. The minimum atomic E-state index is -1.63. The molecule has 0 aliphatic rings. The minimum Gasteiger partial charge on any atom is -0.411 e. The highest BCUT2D eigenvalue weighted by atomic mass is 35.5. The normalized spacial score (nSPS) is 11.7. The Morgan fingerprint density at radius 2 is 1.16 bits per heavy atom. The zero-order valence-electron chi connectivity index (χ0n) is 13.9. The maximum Gasteiger partial charge on any atom is 0.407 e. The van der Waals surface area contributed by atoms with Gasteiger partial charge in [0.2, 0.25) is 0 Å². The summed E-state index contributed by atoms with van der Waals surface area (Å²) in [6, 6.07) is 19.3. The first-order chi connectivity index (χ1) is 11.8. The molecular formula is C19H18Cl2O4. The van der Waals surface area contributed by atoms with Crippen LogP contribution in [-0.4, -0.2) is 16.6 Å². The molecule has 4 nitrogen and oxygen atoms in total. The zero-order chi connectivity index (χ0) is 18.5. The highest BCUT2D eigenvalue weighted by Gasteiger charge is 2.43. The first kappa shape index (κ1) is 19.3. The van der Waals surface area contributed by atoms with Gasteiger partial charge in [-0.05, 0) is 11.1 Å². The fraction of sp³-hybridized carbons (Fsp3) is 0.263. The van der Waals surface area contributed by atoms with E-state index in [0.717, 1.165) is 11.1 Å². The second kappa shape index (κ2) is 7.89. The monoisotopic (exact) mass is 380 g/mol. The van der Waals surface area contributed by atoms with Crippen molar-refractivity contribution in [1.82, 2.24) is 0 Å². The van der Waals surface area contributed by atoms with Crippen LogP contribution in [0, 0.1) is 0 Å². The number of halogens is 2. The molecule has 0 bridgehead atoms. The third-order valence-electron chi connectivity index (χ3n) is 4.09. The molecule has 0 aromatic heterocycles. The molecule has 0 radical (unpaired) electrons. The Balaban J connectivity index is 2.52. The van der Waals surface area contributed by atoms with E-state index in [1.165, 1.54) is 6.92 Å². The van der Waals surface area contributed by atoms with E-state index in [9.17, 15) is 9.59 Å². The Hall–Kier alpha value is -2.04. The lowest BCUT2D eigenvalue weighted by atomic mass is 9.72. The maximum atomic E-state index is 11.3. The first-order valence-electron chi connectivity index (χ1n) is 7.63. The smallest absolute Gasteiger partial charge is 0.407 e. The third-order valence-corrected chi connectivity index (χ3v) is 4.24. The number of hydrogen-bond donors (Lipinski definition) is 0. The van der Waals surface area contributed by atoms with E-state index in [-0.39, 0.29) is 6.42 Å². The summed E-state index contributed by atoms with van der Waals surface area (Å²) in [7, 11) is 0. The lowest BCUT2D eigenvalue weighted by Gasteiger charge is -2.38. The van der Waals surface area contributed by atoms with Gasteiger partial charge in [-0.3, -0.25) is 0 Å². The molecule has 132 valence electrons. The van der Waals surface area contributed by atoms with Crippen LogP contribution in [0.3, 0.4) is 0 Å². The van der Waals surface area contributed by atoms with Gasteiger partial charge in [0.15, 0.2) is 0 Å². The van der Waals surface area contributed by atoms with Crippen molar-refractivity contribution in [3.63, 3.8) is 0 Å². The molecule has 0 fully saturated rings. The minimum absolute atomic E-state index is 0.130. The Kier molecular flexibility index (Phi) is 6.09. The van der Waals surface area contributed by atoms with Gasteiger partial charge in [0.1, 0.15) is 0 Å².